The minimum Gasteiger partial charge on any atom is -0.494 e. The molecule has 0 fully saturated rings. The number of pyridine rings is 3. The van der Waals surface area contributed by atoms with Crippen LogP contribution in [-0.4, -0.2) is 34.6 Å². The number of ether oxygens (including phenoxy) is 1. The highest BCUT2D eigenvalue weighted by Crippen LogP contribution is 2.35. The van der Waals surface area contributed by atoms with Crippen LogP contribution in [0.1, 0.15) is 28.0 Å². The van der Waals surface area contributed by atoms with E-state index in [0.717, 1.165) is 11.6 Å². The van der Waals surface area contributed by atoms with Crippen LogP contribution in [0.2, 0.25) is 0 Å². The fraction of sp³-hybridized carbons (Fsp3) is 0.200. The first-order chi connectivity index (χ1) is 13.8. The summed E-state index contributed by atoms with van der Waals surface area (Å²) in [4.78, 5) is 32.6. The van der Waals surface area contributed by atoms with Crippen LogP contribution < -0.4 is 15.6 Å². The summed E-state index contributed by atoms with van der Waals surface area (Å²) >= 11 is 0. The molecule has 0 aliphatic carbocycles. The van der Waals surface area contributed by atoms with E-state index in [9.17, 15) is 18.4 Å². The molecule has 1 N–H and O–H groups in total. The molecular formula is C20H18F2N4O3. The number of hydrogen-bond acceptors (Lipinski definition) is 5. The number of nitrogens with one attached hydrogen (secondary N) is 1. The summed E-state index contributed by atoms with van der Waals surface area (Å²) in [5, 5.41) is 2.49. The summed E-state index contributed by atoms with van der Waals surface area (Å²) in [6.45, 7) is 1.78. The molecule has 0 spiro atoms. The average molecular weight is 400 g/mol. The fourth-order valence-electron chi connectivity index (χ4n) is 2.83. The summed E-state index contributed by atoms with van der Waals surface area (Å²) in [6, 6.07) is 5.81. The molecule has 7 nitrogen and oxygen atoms in total. The maximum atomic E-state index is 13.2. The number of nitrogens with zero attached hydrogens (tertiary/aromatic N) is 3. The molecule has 9 heteroatoms. The number of aryl methyl sites for hydroxylation is 1. The van der Waals surface area contributed by atoms with Crippen LogP contribution in [0.3, 0.4) is 0 Å². The Morgan fingerprint density at radius 2 is 1.93 bits per heavy atom. The molecule has 3 aromatic heterocycles. The van der Waals surface area contributed by atoms with E-state index in [-0.39, 0.29) is 33.8 Å². The topological polar surface area (TPSA) is 86.1 Å². The van der Waals surface area contributed by atoms with Crippen molar-refractivity contribution in [3.8, 4) is 22.7 Å². The van der Waals surface area contributed by atoms with Crippen LogP contribution in [-0.2, 0) is 0 Å². The number of rotatable bonds is 5. The second-order valence-electron chi connectivity index (χ2n) is 6.19. The average Bonchev–Trinajstić information content (AvgIpc) is 2.72. The number of carbonyl (C=O) groups is 1. The standard InChI is InChI=1S/C20H18F2N4O3/c1-11-4-5-26(18(27)6-11)17-8-12(14(9-25-17)20(28)23-2)13-7-15(19(21)22)24-10-16(13)29-3/h4-10,19H,1-3H3,(H,23,28). The number of amides is 1. The number of hydrogen-bond donors (Lipinski definition) is 1. The third-order valence-corrected chi connectivity index (χ3v) is 4.31. The molecule has 0 atom stereocenters. The Morgan fingerprint density at radius 1 is 1.17 bits per heavy atom. The quantitative estimate of drug-likeness (QED) is 0.712. The number of halogens is 2. The Hall–Kier alpha value is -3.62. The van der Waals surface area contributed by atoms with Gasteiger partial charge in [-0.15, -0.1) is 0 Å². The van der Waals surface area contributed by atoms with Gasteiger partial charge in [-0.1, -0.05) is 0 Å². The maximum absolute atomic E-state index is 13.2. The van der Waals surface area contributed by atoms with Crippen molar-refractivity contribution in [2.24, 2.45) is 0 Å². The molecule has 3 aromatic rings. The summed E-state index contributed by atoms with van der Waals surface area (Å²) in [7, 11) is 2.81. The van der Waals surface area contributed by atoms with Gasteiger partial charge in [-0.3, -0.25) is 19.1 Å². The van der Waals surface area contributed by atoms with E-state index >= 15 is 0 Å². The number of alkyl halides is 2. The smallest absolute Gasteiger partial charge is 0.280 e. The van der Waals surface area contributed by atoms with Crippen molar-refractivity contribution >= 4 is 5.91 Å². The van der Waals surface area contributed by atoms with E-state index in [1.54, 1.807) is 19.2 Å². The Labute approximate surface area is 165 Å². The van der Waals surface area contributed by atoms with E-state index in [0.29, 0.717) is 0 Å². The van der Waals surface area contributed by atoms with Crippen LogP contribution in [0.25, 0.3) is 16.9 Å². The largest absolute Gasteiger partial charge is 0.494 e. The van der Waals surface area contributed by atoms with E-state index in [2.05, 4.69) is 15.3 Å². The van der Waals surface area contributed by atoms with Crippen molar-refractivity contribution in [1.82, 2.24) is 19.9 Å². The lowest BCUT2D eigenvalue weighted by molar-refractivity contribution is 0.0963. The first-order valence-electron chi connectivity index (χ1n) is 8.60. The van der Waals surface area contributed by atoms with Crippen molar-refractivity contribution in [2.45, 2.75) is 13.3 Å². The van der Waals surface area contributed by atoms with Gasteiger partial charge in [-0.2, -0.15) is 0 Å². The Morgan fingerprint density at radius 3 is 2.55 bits per heavy atom. The minimum absolute atomic E-state index is 0.140. The van der Waals surface area contributed by atoms with E-state index in [4.69, 9.17) is 4.74 Å². The van der Waals surface area contributed by atoms with E-state index < -0.39 is 18.0 Å². The zero-order valence-corrected chi connectivity index (χ0v) is 15.9. The van der Waals surface area contributed by atoms with Crippen molar-refractivity contribution in [3.63, 3.8) is 0 Å². The minimum atomic E-state index is -2.80. The summed E-state index contributed by atoms with van der Waals surface area (Å²) in [5.74, 6) is -0.0316. The predicted octanol–water partition coefficient (Wildman–Crippen LogP) is 2.91. The van der Waals surface area contributed by atoms with Gasteiger partial charge in [0.1, 0.15) is 17.3 Å². The van der Waals surface area contributed by atoms with E-state index in [1.165, 1.54) is 43.3 Å². The summed E-state index contributed by atoms with van der Waals surface area (Å²) in [5.41, 5.74) is 0.663. The third-order valence-electron chi connectivity index (χ3n) is 4.31. The highest BCUT2D eigenvalue weighted by Gasteiger charge is 2.20. The lowest BCUT2D eigenvalue weighted by atomic mass is 10.00. The molecule has 0 bridgehead atoms. The van der Waals surface area contributed by atoms with Gasteiger partial charge in [0.15, 0.2) is 0 Å². The Balaban J connectivity index is 2.30. The van der Waals surface area contributed by atoms with Crippen LogP contribution in [0.15, 0.2) is 47.7 Å². The second-order valence-corrected chi connectivity index (χ2v) is 6.19. The highest BCUT2D eigenvalue weighted by atomic mass is 19.3. The predicted molar refractivity (Wildman–Crippen MR) is 103 cm³/mol. The van der Waals surface area contributed by atoms with Gasteiger partial charge >= 0.3 is 0 Å². The maximum Gasteiger partial charge on any atom is 0.280 e. The molecule has 1 amide bonds. The first kappa shape index (κ1) is 20.1. The van der Waals surface area contributed by atoms with Gasteiger partial charge in [-0.25, -0.2) is 13.8 Å². The molecule has 0 saturated heterocycles. The molecule has 3 heterocycles. The van der Waals surface area contributed by atoms with Gasteiger partial charge in [-0.05, 0) is 30.7 Å². The number of methoxy groups -OCH3 is 1. The molecule has 3 rings (SSSR count). The van der Waals surface area contributed by atoms with E-state index in [1.807, 2.05) is 0 Å². The number of aromatic nitrogens is 3. The molecule has 0 radical (unpaired) electrons. The number of carbonyl (C=O) groups excluding carboxylic acids is 1. The fourth-order valence-corrected chi connectivity index (χ4v) is 2.83. The molecule has 0 aliphatic heterocycles. The second kappa shape index (κ2) is 8.17. The van der Waals surface area contributed by atoms with Crippen molar-refractivity contribution in [1.29, 1.82) is 0 Å². The SMILES string of the molecule is CNC(=O)c1cnc(-n2ccc(C)cc2=O)cc1-c1cc(C(F)F)ncc1OC. The third kappa shape index (κ3) is 3.98. The zero-order chi connectivity index (χ0) is 21.1. The van der Waals surface area contributed by atoms with Crippen molar-refractivity contribution in [3.05, 3.63) is 70.0 Å². The monoisotopic (exact) mass is 400 g/mol. The van der Waals surface area contributed by atoms with Gasteiger partial charge in [0.25, 0.3) is 17.9 Å². The highest BCUT2D eigenvalue weighted by molar-refractivity contribution is 6.01. The molecule has 150 valence electrons. The molecular weight excluding hydrogens is 382 g/mol. The first-order valence-corrected chi connectivity index (χ1v) is 8.60. The van der Waals surface area contributed by atoms with Crippen LogP contribution in [0, 0.1) is 6.92 Å². The molecule has 0 aliphatic rings. The molecule has 0 unspecified atom stereocenters. The molecule has 0 aromatic carbocycles. The van der Waals surface area contributed by atoms with Gasteiger partial charge < -0.3 is 10.1 Å². The Bertz CT molecular complexity index is 1130. The van der Waals surface area contributed by atoms with Gasteiger partial charge in [0, 0.05) is 36.6 Å². The van der Waals surface area contributed by atoms with Crippen molar-refractivity contribution in [2.75, 3.05) is 14.2 Å². The van der Waals surface area contributed by atoms with Crippen LogP contribution in [0.5, 0.6) is 5.75 Å². The summed E-state index contributed by atoms with van der Waals surface area (Å²) in [6.07, 6.45) is 1.21. The van der Waals surface area contributed by atoms with Crippen LogP contribution >= 0.6 is 0 Å². The molecule has 29 heavy (non-hydrogen) atoms. The molecule has 0 saturated carbocycles. The van der Waals surface area contributed by atoms with Crippen LogP contribution in [0.4, 0.5) is 8.78 Å². The van der Waals surface area contributed by atoms with Crippen molar-refractivity contribution < 1.29 is 18.3 Å². The Kier molecular flexibility index (Phi) is 5.67. The summed E-state index contributed by atoms with van der Waals surface area (Å²) < 4.78 is 33.0. The lowest BCUT2D eigenvalue weighted by Crippen LogP contribution is -2.21. The normalized spacial score (nSPS) is 10.8. The van der Waals surface area contributed by atoms with Gasteiger partial charge in [0.05, 0.1) is 18.9 Å². The lowest BCUT2D eigenvalue weighted by Gasteiger charge is -2.15. The van der Waals surface area contributed by atoms with Gasteiger partial charge in [0.2, 0.25) is 0 Å². The zero-order valence-electron chi connectivity index (χ0n) is 15.9.